The van der Waals surface area contributed by atoms with Gasteiger partial charge < -0.3 is 14.5 Å². The van der Waals surface area contributed by atoms with Gasteiger partial charge in [0, 0.05) is 18.2 Å². The standard InChI is InChI=1S/C26H30N6O3/c1-17-5-4-12-31(15-17)24(22-13-19-8-11-21(35-3)14-23(19)27-26(22)33)25-28-29-30-32(25)16-18-6-9-20(34-2)10-7-18/h6-11,13-14,17,24H,4-5,12,15-16H2,1-3H3,(H,27,33). The molecule has 2 atom stereocenters. The number of tetrazole rings is 1. The van der Waals surface area contributed by atoms with Gasteiger partial charge in [0.05, 0.1) is 26.3 Å². The van der Waals surface area contributed by atoms with Crippen LogP contribution in [0.25, 0.3) is 10.9 Å². The molecule has 9 heteroatoms. The lowest BCUT2D eigenvalue weighted by Gasteiger charge is -2.36. The van der Waals surface area contributed by atoms with Gasteiger partial charge in [-0.1, -0.05) is 19.1 Å². The summed E-state index contributed by atoms with van der Waals surface area (Å²) in [6.07, 6.45) is 2.24. The van der Waals surface area contributed by atoms with E-state index in [1.165, 1.54) is 6.42 Å². The highest BCUT2D eigenvalue weighted by atomic mass is 16.5. The van der Waals surface area contributed by atoms with E-state index in [9.17, 15) is 4.79 Å². The summed E-state index contributed by atoms with van der Waals surface area (Å²) in [7, 11) is 3.26. The Morgan fingerprint density at radius 2 is 1.86 bits per heavy atom. The summed E-state index contributed by atoms with van der Waals surface area (Å²) in [6.45, 7) is 4.50. The fourth-order valence-corrected chi connectivity index (χ4v) is 4.91. The predicted octanol–water partition coefficient (Wildman–Crippen LogP) is 3.40. The number of rotatable bonds is 7. The van der Waals surface area contributed by atoms with Crippen LogP contribution in [0.5, 0.6) is 11.5 Å². The number of aromatic nitrogens is 5. The van der Waals surface area contributed by atoms with E-state index < -0.39 is 0 Å². The first-order valence-corrected chi connectivity index (χ1v) is 11.9. The highest BCUT2D eigenvalue weighted by molar-refractivity contribution is 5.80. The van der Waals surface area contributed by atoms with E-state index in [-0.39, 0.29) is 11.6 Å². The second-order valence-corrected chi connectivity index (χ2v) is 9.19. The molecule has 1 aliphatic heterocycles. The molecule has 5 rings (SSSR count). The number of ether oxygens (including phenoxy) is 2. The van der Waals surface area contributed by atoms with E-state index in [1.54, 1.807) is 18.9 Å². The molecule has 0 amide bonds. The Morgan fingerprint density at radius 3 is 2.60 bits per heavy atom. The summed E-state index contributed by atoms with van der Waals surface area (Å²) in [4.78, 5) is 18.8. The first kappa shape index (κ1) is 23.0. The SMILES string of the molecule is COc1ccc(Cn2nnnc2C(c2cc3ccc(OC)cc3[nH]c2=O)N2CCCC(C)C2)cc1. The number of aromatic amines is 1. The lowest BCUT2D eigenvalue weighted by atomic mass is 9.95. The molecule has 0 spiro atoms. The fraction of sp³-hybridized carbons (Fsp3) is 0.385. The number of hydrogen-bond donors (Lipinski definition) is 1. The van der Waals surface area contributed by atoms with Crippen molar-refractivity contribution < 1.29 is 9.47 Å². The average molecular weight is 475 g/mol. The molecule has 182 valence electrons. The smallest absolute Gasteiger partial charge is 0.253 e. The van der Waals surface area contributed by atoms with E-state index in [0.717, 1.165) is 41.7 Å². The number of likely N-dealkylation sites (tertiary alicyclic amines) is 1. The summed E-state index contributed by atoms with van der Waals surface area (Å²) >= 11 is 0. The highest BCUT2D eigenvalue weighted by Gasteiger charge is 2.32. The van der Waals surface area contributed by atoms with Crippen LogP contribution in [0.4, 0.5) is 0 Å². The van der Waals surface area contributed by atoms with Gasteiger partial charge in [-0.3, -0.25) is 9.69 Å². The van der Waals surface area contributed by atoms with Gasteiger partial charge in [0.25, 0.3) is 5.56 Å². The number of hydrogen-bond acceptors (Lipinski definition) is 7. The molecule has 0 bridgehead atoms. The second-order valence-electron chi connectivity index (χ2n) is 9.19. The molecule has 3 heterocycles. The molecule has 0 radical (unpaired) electrons. The Bertz CT molecular complexity index is 1360. The third kappa shape index (κ3) is 4.77. The highest BCUT2D eigenvalue weighted by Crippen LogP contribution is 2.31. The van der Waals surface area contributed by atoms with E-state index in [0.29, 0.717) is 29.6 Å². The topological polar surface area (TPSA) is 98.2 Å². The van der Waals surface area contributed by atoms with E-state index in [4.69, 9.17) is 9.47 Å². The third-order valence-corrected chi connectivity index (χ3v) is 6.73. The van der Waals surface area contributed by atoms with Gasteiger partial charge >= 0.3 is 0 Å². The average Bonchev–Trinajstić information content (AvgIpc) is 3.32. The van der Waals surface area contributed by atoms with Crippen LogP contribution in [0.3, 0.4) is 0 Å². The van der Waals surface area contributed by atoms with Gasteiger partial charge in [-0.25, -0.2) is 4.68 Å². The minimum absolute atomic E-state index is 0.145. The quantitative estimate of drug-likeness (QED) is 0.438. The Kier molecular flexibility index (Phi) is 6.50. The van der Waals surface area contributed by atoms with Gasteiger partial charge in [0.2, 0.25) is 0 Å². The van der Waals surface area contributed by atoms with Crippen molar-refractivity contribution in [2.24, 2.45) is 5.92 Å². The normalized spacial score (nSPS) is 17.4. The summed E-state index contributed by atoms with van der Waals surface area (Å²) in [5.41, 5.74) is 2.28. The van der Waals surface area contributed by atoms with Crippen LogP contribution in [0.1, 0.15) is 42.8 Å². The molecular weight excluding hydrogens is 444 g/mol. The maximum atomic E-state index is 13.4. The molecule has 2 aromatic carbocycles. The van der Waals surface area contributed by atoms with Crippen molar-refractivity contribution >= 4 is 10.9 Å². The van der Waals surface area contributed by atoms with Crippen molar-refractivity contribution in [3.05, 3.63) is 75.8 Å². The first-order chi connectivity index (χ1) is 17.1. The zero-order valence-electron chi connectivity index (χ0n) is 20.3. The predicted molar refractivity (Wildman–Crippen MR) is 133 cm³/mol. The molecule has 9 nitrogen and oxygen atoms in total. The van der Waals surface area contributed by atoms with E-state index >= 15 is 0 Å². The molecule has 35 heavy (non-hydrogen) atoms. The van der Waals surface area contributed by atoms with E-state index in [1.807, 2.05) is 48.5 Å². The molecule has 1 N–H and O–H groups in total. The summed E-state index contributed by atoms with van der Waals surface area (Å²) in [5, 5.41) is 13.7. The first-order valence-electron chi connectivity index (χ1n) is 11.9. The number of nitrogens with one attached hydrogen (secondary N) is 1. The number of nitrogens with zero attached hydrogens (tertiary/aromatic N) is 5. The third-order valence-electron chi connectivity index (χ3n) is 6.73. The maximum Gasteiger partial charge on any atom is 0.253 e. The lowest BCUT2D eigenvalue weighted by Crippen LogP contribution is -2.41. The molecule has 0 aliphatic carbocycles. The molecule has 1 saturated heterocycles. The fourth-order valence-electron chi connectivity index (χ4n) is 4.91. The van der Waals surface area contributed by atoms with Crippen LogP contribution < -0.4 is 15.0 Å². The van der Waals surface area contributed by atoms with Gasteiger partial charge in [0.1, 0.15) is 17.5 Å². The zero-order chi connectivity index (χ0) is 24.4. The number of H-pyrrole nitrogens is 1. The van der Waals surface area contributed by atoms with Crippen molar-refractivity contribution in [3.63, 3.8) is 0 Å². The molecule has 4 aromatic rings. The second kappa shape index (κ2) is 9.87. The monoisotopic (exact) mass is 474 g/mol. The number of piperidine rings is 1. The van der Waals surface area contributed by atoms with Crippen LogP contribution in [0.15, 0.2) is 53.3 Å². The van der Waals surface area contributed by atoms with Crippen molar-refractivity contribution in [1.82, 2.24) is 30.1 Å². The molecular formula is C26H30N6O3. The minimum atomic E-state index is -0.360. The van der Waals surface area contributed by atoms with Crippen LogP contribution >= 0.6 is 0 Å². The zero-order valence-corrected chi connectivity index (χ0v) is 20.3. The molecule has 1 fully saturated rings. The van der Waals surface area contributed by atoms with Gasteiger partial charge in [-0.05, 0) is 77.0 Å². The lowest BCUT2D eigenvalue weighted by molar-refractivity contribution is 0.141. The van der Waals surface area contributed by atoms with Crippen LogP contribution in [0.2, 0.25) is 0 Å². The Labute approximate surface area is 203 Å². The van der Waals surface area contributed by atoms with E-state index in [2.05, 4.69) is 32.3 Å². The largest absolute Gasteiger partial charge is 0.497 e. The molecule has 2 aromatic heterocycles. The number of pyridine rings is 1. The van der Waals surface area contributed by atoms with Crippen molar-refractivity contribution in [2.75, 3.05) is 27.3 Å². The van der Waals surface area contributed by atoms with Crippen molar-refractivity contribution in [1.29, 1.82) is 0 Å². The number of benzene rings is 2. The summed E-state index contributed by atoms with van der Waals surface area (Å²) in [5.74, 6) is 2.69. The van der Waals surface area contributed by atoms with Gasteiger partial charge in [-0.15, -0.1) is 5.10 Å². The maximum absolute atomic E-state index is 13.4. The number of fused-ring (bicyclic) bond motifs is 1. The van der Waals surface area contributed by atoms with Gasteiger partial charge in [0.15, 0.2) is 5.82 Å². The summed E-state index contributed by atoms with van der Waals surface area (Å²) in [6, 6.07) is 15.1. The molecule has 2 unspecified atom stereocenters. The number of methoxy groups -OCH3 is 2. The van der Waals surface area contributed by atoms with Gasteiger partial charge in [-0.2, -0.15) is 0 Å². The Morgan fingerprint density at radius 1 is 1.09 bits per heavy atom. The van der Waals surface area contributed by atoms with Crippen molar-refractivity contribution in [2.45, 2.75) is 32.4 Å². The van der Waals surface area contributed by atoms with Crippen LogP contribution in [-0.4, -0.2) is 57.4 Å². The van der Waals surface area contributed by atoms with Crippen LogP contribution in [0, 0.1) is 5.92 Å². The van der Waals surface area contributed by atoms with Crippen molar-refractivity contribution in [3.8, 4) is 11.5 Å². The minimum Gasteiger partial charge on any atom is -0.497 e. The Hall–Kier alpha value is -3.72. The van der Waals surface area contributed by atoms with Crippen LogP contribution in [-0.2, 0) is 6.54 Å². The summed E-state index contributed by atoms with van der Waals surface area (Å²) < 4.78 is 12.4. The molecule has 1 aliphatic rings. The Balaban J connectivity index is 1.58. The molecule has 0 saturated carbocycles.